The highest BCUT2D eigenvalue weighted by molar-refractivity contribution is 5.80. The Morgan fingerprint density at radius 2 is 2.25 bits per heavy atom. The van der Waals surface area contributed by atoms with Gasteiger partial charge in [-0.1, -0.05) is 6.07 Å². The van der Waals surface area contributed by atoms with Crippen molar-refractivity contribution < 1.29 is 14.3 Å². The van der Waals surface area contributed by atoms with E-state index in [-0.39, 0.29) is 5.82 Å². The number of rotatable bonds is 4. The molecule has 0 aliphatic heterocycles. The van der Waals surface area contributed by atoms with E-state index in [4.69, 9.17) is 5.11 Å². The number of aliphatic carboxylic acids is 1. The van der Waals surface area contributed by atoms with Gasteiger partial charge in [-0.15, -0.1) is 0 Å². The van der Waals surface area contributed by atoms with E-state index in [0.717, 1.165) is 11.6 Å². The highest BCUT2D eigenvalue weighted by atomic mass is 19.1. The zero-order valence-electron chi connectivity index (χ0n) is 9.25. The standard InChI is InChI=1S/C12H14FNO2/c1-8(5-12(15)16)7-14-11-6-10(13)4-3-9(11)2/h3-6,14H,7H2,1-2H3,(H,15,16)/b8-5-. The van der Waals surface area contributed by atoms with Crippen LogP contribution in [0.25, 0.3) is 0 Å². The first-order chi connectivity index (χ1) is 7.49. The summed E-state index contributed by atoms with van der Waals surface area (Å²) in [5.41, 5.74) is 2.28. The van der Waals surface area contributed by atoms with Crippen molar-refractivity contribution in [3.05, 3.63) is 41.2 Å². The molecule has 0 atom stereocenters. The molecule has 1 rings (SSSR count). The van der Waals surface area contributed by atoms with Crippen LogP contribution in [0.1, 0.15) is 12.5 Å². The van der Waals surface area contributed by atoms with Crippen LogP contribution in [0.15, 0.2) is 29.8 Å². The van der Waals surface area contributed by atoms with E-state index in [9.17, 15) is 9.18 Å². The predicted octanol–water partition coefficient (Wildman–Crippen LogP) is 2.58. The summed E-state index contributed by atoms with van der Waals surface area (Å²) in [4.78, 5) is 10.4. The van der Waals surface area contributed by atoms with Crippen molar-refractivity contribution >= 4 is 11.7 Å². The van der Waals surface area contributed by atoms with E-state index in [2.05, 4.69) is 5.32 Å². The lowest BCUT2D eigenvalue weighted by Crippen LogP contribution is -2.06. The van der Waals surface area contributed by atoms with Crippen molar-refractivity contribution in [2.75, 3.05) is 11.9 Å². The minimum Gasteiger partial charge on any atom is -0.478 e. The molecule has 0 saturated heterocycles. The topological polar surface area (TPSA) is 49.3 Å². The molecule has 0 aliphatic rings. The molecule has 0 heterocycles. The van der Waals surface area contributed by atoms with Crippen LogP contribution in [0.5, 0.6) is 0 Å². The number of benzene rings is 1. The van der Waals surface area contributed by atoms with Crippen molar-refractivity contribution in [1.82, 2.24) is 0 Å². The summed E-state index contributed by atoms with van der Waals surface area (Å²) >= 11 is 0. The van der Waals surface area contributed by atoms with Gasteiger partial charge in [-0.25, -0.2) is 9.18 Å². The van der Waals surface area contributed by atoms with Gasteiger partial charge < -0.3 is 10.4 Å². The Labute approximate surface area is 93.6 Å². The van der Waals surface area contributed by atoms with Gasteiger partial charge >= 0.3 is 5.97 Å². The predicted molar refractivity (Wildman–Crippen MR) is 61.0 cm³/mol. The normalized spacial score (nSPS) is 11.3. The van der Waals surface area contributed by atoms with Gasteiger partial charge in [-0.2, -0.15) is 0 Å². The molecule has 0 unspecified atom stereocenters. The Hall–Kier alpha value is -1.84. The number of anilines is 1. The van der Waals surface area contributed by atoms with Crippen molar-refractivity contribution in [2.24, 2.45) is 0 Å². The van der Waals surface area contributed by atoms with Crippen LogP contribution in [-0.2, 0) is 4.79 Å². The van der Waals surface area contributed by atoms with Gasteiger partial charge in [-0.3, -0.25) is 0 Å². The lowest BCUT2D eigenvalue weighted by atomic mass is 10.2. The van der Waals surface area contributed by atoms with Crippen LogP contribution < -0.4 is 5.32 Å². The van der Waals surface area contributed by atoms with Crippen molar-refractivity contribution in [3.63, 3.8) is 0 Å². The molecule has 0 saturated carbocycles. The summed E-state index contributed by atoms with van der Waals surface area (Å²) in [7, 11) is 0. The third-order valence-corrected chi connectivity index (χ3v) is 2.13. The zero-order valence-corrected chi connectivity index (χ0v) is 9.25. The van der Waals surface area contributed by atoms with Gasteiger partial charge in [0, 0.05) is 18.3 Å². The molecule has 0 fully saturated rings. The summed E-state index contributed by atoms with van der Waals surface area (Å²) in [6, 6.07) is 4.46. The van der Waals surface area contributed by atoms with Crippen molar-refractivity contribution in [1.29, 1.82) is 0 Å². The number of carbonyl (C=O) groups is 1. The van der Waals surface area contributed by atoms with Gasteiger partial charge in [0.25, 0.3) is 0 Å². The Balaban J connectivity index is 2.68. The molecule has 2 N–H and O–H groups in total. The number of halogens is 1. The second-order valence-corrected chi connectivity index (χ2v) is 3.64. The summed E-state index contributed by atoms with van der Waals surface area (Å²) in [6.45, 7) is 3.95. The Morgan fingerprint density at radius 1 is 1.56 bits per heavy atom. The van der Waals surface area contributed by atoms with Gasteiger partial charge in [-0.05, 0) is 37.1 Å². The molecule has 0 aromatic heterocycles. The van der Waals surface area contributed by atoms with Crippen LogP contribution in [0, 0.1) is 12.7 Å². The molecule has 0 aliphatic carbocycles. The molecule has 16 heavy (non-hydrogen) atoms. The fourth-order valence-corrected chi connectivity index (χ4v) is 1.28. The molecule has 0 spiro atoms. The molecule has 86 valence electrons. The first kappa shape index (κ1) is 12.2. The Bertz CT molecular complexity index is 427. The fraction of sp³-hybridized carbons (Fsp3) is 0.250. The van der Waals surface area contributed by atoms with Gasteiger partial charge in [0.2, 0.25) is 0 Å². The molecular formula is C12H14FNO2. The molecule has 1 aromatic carbocycles. The molecule has 3 nitrogen and oxygen atoms in total. The number of hydrogen-bond acceptors (Lipinski definition) is 2. The molecule has 0 amide bonds. The first-order valence-electron chi connectivity index (χ1n) is 4.89. The monoisotopic (exact) mass is 223 g/mol. The van der Waals surface area contributed by atoms with Crippen molar-refractivity contribution in [2.45, 2.75) is 13.8 Å². The van der Waals surface area contributed by atoms with Crippen molar-refractivity contribution in [3.8, 4) is 0 Å². The quantitative estimate of drug-likeness (QED) is 0.771. The van der Waals surface area contributed by atoms with E-state index >= 15 is 0 Å². The second-order valence-electron chi connectivity index (χ2n) is 3.64. The number of aryl methyl sites for hydroxylation is 1. The van der Waals surface area contributed by atoms with Crippen LogP contribution in [0.2, 0.25) is 0 Å². The number of hydrogen-bond donors (Lipinski definition) is 2. The summed E-state index contributed by atoms with van der Waals surface area (Å²) in [6.07, 6.45) is 1.13. The van der Waals surface area contributed by atoms with E-state index in [0.29, 0.717) is 17.8 Å². The van der Waals surface area contributed by atoms with Crippen LogP contribution >= 0.6 is 0 Å². The number of carboxylic acid groups (broad SMARTS) is 1. The molecule has 0 radical (unpaired) electrons. The lowest BCUT2D eigenvalue weighted by Gasteiger charge is -2.09. The van der Waals surface area contributed by atoms with Crippen LogP contribution in [0.3, 0.4) is 0 Å². The van der Waals surface area contributed by atoms with E-state index in [1.165, 1.54) is 12.1 Å². The summed E-state index contributed by atoms with van der Waals surface area (Å²) < 4.78 is 12.9. The SMILES string of the molecule is C/C(=C/C(=O)O)CNc1cc(F)ccc1C. The first-order valence-corrected chi connectivity index (χ1v) is 4.89. The average molecular weight is 223 g/mol. The average Bonchev–Trinajstić information content (AvgIpc) is 2.18. The third-order valence-electron chi connectivity index (χ3n) is 2.13. The van der Waals surface area contributed by atoms with Gasteiger partial charge in [0.1, 0.15) is 5.82 Å². The highest BCUT2D eigenvalue weighted by Gasteiger charge is 2.00. The van der Waals surface area contributed by atoms with Crippen LogP contribution in [-0.4, -0.2) is 17.6 Å². The highest BCUT2D eigenvalue weighted by Crippen LogP contribution is 2.16. The number of carboxylic acids is 1. The van der Waals surface area contributed by atoms with Crippen LogP contribution in [0.4, 0.5) is 10.1 Å². The molecule has 1 aromatic rings. The second kappa shape index (κ2) is 5.30. The Kier molecular flexibility index (Phi) is 4.05. The number of nitrogens with one attached hydrogen (secondary N) is 1. The molecule has 4 heteroatoms. The maximum absolute atomic E-state index is 12.9. The fourth-order valence-electron chi connectivity index (χ4n) is 1.28. The van der Waals surface area contributed by atoms with E-state index < -0.39 is 5.97 Å². The lowest BCUT2D eigenvalue weighted by molar-refractivity contribution is -0.131. The third kappa shape index (κ3) is 3.73. The minimum atomic E-state index is -0.977. The van der Waals surface area contributed by atoms with Gasteiger partial charge in [0.05, 0.1) is 0 Å². The minimum absolute atomic E-state index is 0.312. The summed E-state index contributed by atoms with van der Waals surface area (Å²) in [5.74, 6) is -1.29. The largest absolute Gasteiger partial charge is 0.478 e. The van der Waals surface area contributed by atoms with E-state index in [1.807, 2.05) is 6.92 Å². The summed E-state index contributed by atoms with van der Waals surface area (Å²) in [5, 5.41) is 11.5. The maximum Gasteiger partial charge on any atom is 0.328 e. The smallest absolute Gasteiger partial charge is 0.328 e. The van der Waals surface area contributed by atoms with E-state index in [1.54, 1.807) is 13.0 Å². The Morgan fingerprint density at radius 3 is 2.88 bits per heavy atom. The van der Waals surface area contributed by atoms with Gasteiger partial charge in [0.15, 0.2) is 0 Å². The molecule has 0 bridgehead atoms. The molecular weight excluding hydrogens is 209 g/mol. The zero-order chi connectivity index (χ0) is 12.1. The maximum atomic E-state index is 12.9.